The van der Waals surface area contributed by atoms with Gasteiger partial charge in [0.15, 0.2) is 11.5 Å². The Morgan fingerprint density at radius 3 is 1.20 bits per heavy atom. The Morgan fingerprint density at radius 1 is 0.514 bits per heavy atom. The van der Waals surface area contributed by atoms with Gasteiger partial charge in [-0.15, -0.1) is 0 Å². The van der Waals surface area contributed by atoms with Gasteiger partial charge in [0, 0.05) is 5.41 Å². The first-order valence-corrected chi connectivity index (χ1v) is 11.0. The van der Waals surface area contributed by atoms with Crippen LogP contribution < -0.4 is 9.78 Å². The second-order valence-electron chi connectivity index (χ2n) is 8.31. The summed E-state index contributed by atoms with van der Waals surface area (Å²) < 4.78 is 0. The zero-order valence-electron chi connectivity index (χ0n) is 19.3. The summed E-state index contributed by atoms with van der Waals surface area (Å²) in [4.78, 5) is 44.3. The topological polar surface area (TPSA) is 71.1 Å². The maximum Gasteiger partial charge on any atom is 0.386 e. The van der Waals surface area contributed by atoms with Crippen LogP contribution >= 0.6 is 0 Å². The molecule has 0 aromatic heterocycles. The minimum absolute atomic E-state index is 0.335. The summed E-state index contributed by atoms with van der Waals surface area (Å²) in [6, 6.07) is 31.9. The monoisotopic (exact) mass is 468 g/mol. The molecular weight excluding hydrogens is 444 g/mol. The van der Waals surface area contributed by atoms with Crippen molar-refractivity contribution in [1.82, 2.24) is 0 Å². The van der Waals surface area contributed by atoms with E-state index in [-0.39, 0.29) is 5.41 Å². The fourth-order valence-electron chi connectivity index (χ4n) is 3.44. The lowest BCUT2D eigenvalue weighted by Crippen LogP contribution is -2.18. The van der Waals surface area contributed by atoms with Crippen LogP contribution in [-0.4, -0.2) is 11.9 Å². The van der Waals surface area contributed by atoms with Crippen LogP contribution in [0.2, 0.25) is 0 Å². The van der Waals surface area contributed by atoms with Gasteiger partial charge >= 0.3 is 11.9 Å². The summed E-state index contributed by atoms with van der Waals surface area (Å²) in [5, 5.41) is 0. The summed E-state index contributed by atoms with van der Waals surface area (Å²) in [5.41, 5.74) is 2.55. The summed E-state index contributed by atoms with van der Waals surface area (Å²) in [5.74, 6) is -0.297. The molecule has 0 heterocycles. The maximum atomic E-state index is 12.0. The smallest absolute Gasteiger partial charge is 0.287 e. The minimum atomic E-state index is -0.563. The van der Waals surface area contributed by atoms with Crippen LogP contribution in [0.4, 0.5) is 0 Å². The molecule has 6 nitrogen and oxygen atoms in total. The van der Waals surface area contributed by atoms with Crippen LogP contribution in [0.3, 0.4) is 0 Å². The normalized spacial score (nSPS) is 10.8. The molecule has 0 saturated carbocycles. The molecule has 4 aromatic carbocycles. The van der Waals surface area contributed by atoms with E-state index >= 15 is 0 Å². The molecule has 176 valence electrons. The molecule has 0 bridgehead atoms. The third kappa shape index (κ3) is 5.86. The fourth-order valence-corrected chi connectivity index (χ4v) is 3.44. The van der Waals surface area contributed by atoms with Crippen LogP contribution in [0.5, 0.6) is 11.5 Å². The van der Waals surface area contributed by atoms with Crippen molar-refractivity contribution in [3.05, 3.63) is 131 Å². The molecule has 0 aliphatic rings. The van der Waals surface area contributed by atoms with E-state index in [1.807, 2.05) is 36.4 Å². The zero-order chi connectivity index (χ0) is 24.7. The van der Waals surface area contributed by atoms with Gasteiger partial charge in [-0.1, -0.05) is 74.5 Å². The zero-order valence-corrected chi connectivity index (χ0v) is 19.3. The van der Waals surface area contributed by atoms with Crippen molar-refractivity contribution in [2.45, 2.75) is 19.3 Å². The Kier molecular flexibility index (Phi) is 7.12. The van der Waals surface area contributed by atoms with Gasteiger partial charge in [-0.05, 0) is 59.7 Å². The van der Waals surface area contributed by atoms with Gasteiger partial charge in [-0.25, -0.2) is 19.4 Å². The Labute approximate surface area is 203 Å². The highest BCUT2D eigenvalue weighted by atomic mass is 17.2. The Balaban J connectivity index is 1.35. The largest absolute Gasteiger partial charge is 0.386 e. The van der Waals surface area contributed by atoms with Crippen molar-refractivity contribution in [2.24, 2.45) is 0 Å². The minimum Gasteiger partial charge on any atom is -0.287 e. The van der Waals surface area contributed by atoms with Crippen molar-refractivity contribution in [3.63, 3.8) is 0 Å². The first-order valence-electron chi connectivity index (χ1n) is 11.0. The standard InChI is InChI=1S/C29H24O6/c1-29(2,23-13-17-25(18-14-23)32-34-27(30)21-9-5-3-6-10-21)24-15-19-26(20-16-24)33-35-28(31)22-11-7-4-8-12-22/h3-20H,1-2H3. The van der Waals surface area contributed by atoms with E-state index in [0.717, 1.165) is 11.1 Å². The van der Waals surface area contributed by atoms with Gasteiger partial charge in [0.1, 0.15) is 0 Å². The van der Waals surface area contributed by atoms with Gasteiger partial charge in [-0.3, -0.25) is 9.78 Å². The molecule has 0 N–H and O–H groups in total. The Hall–Kier alpha value is -4.58. The number of carbonyl (C=O) groups is 2. The molecule has 0 saturated heterocycles. The number of rotatable bonds is 8. The highest BCUT2D eigenvalue weighted by Gasteiger charge is 2.23. The summed E-state index contributed by atoms with van der Waals surface area (Å²) in [7, 11) is 0. The first kappa shape index (κ1) is 23.6. The second kappa shape index (κ2) is 10.6. The molecule has 0 amide bonds. The van der Waals surface area contributed by atoms with E-state index < -0.39 is 11.9 Å². The maximum absolute atomic E-state index is 12.0. The molecule has 4 aromatic rings. The van der Waals surface area contributed by atoms with Crippen LogP contribution in [0.25, 0.3) is 0 Å². The average Bonchev–Trinajstić information content (AvgIpc) is 2.92. The molecule has 0 spiro atoms. The molecule has 0 atom stereocenters. The highest BCUT2D eigenvalue weighted by molar-refractivity contribution is 5.89. The lowest BCUT2D eigenvalue weighted by Gasteiger charge is -2.26. The van der Waals surface area contributed by atoms with E-state index in [9.17, 15) is 9.59 Å². The first-order chi connectivity index (χ1) is 16.9. The highest BCUT2D eigenvalue weighted by Crippen LogP contribution is 2.33. The third-order valence-corrected chi connectivity index (χ3v) is 5.60. The van der Waals surface area contributed by atoms with Gasteiger partial charge in [0.25, 0.3) is 0 Å². The number of hydrogen-bond acceptors (Lipinski definition) is 6. The second-order valence-corrected chi connectivity index (χ2v) is 8.31. The molecule has 0 aliphatic heterocycles. The number of benzene rings is 4. The van der Waals surface area contributed by atoms with E-state index in [1.54, 1.807) is 72.8 Å². The third-order valence-electron chi connectivity index (χ3n) is 5.60. The summed E-state index contributed by atoms with van der Waals surface area (Å²) >= 11 is 0. The predicted molar refractivity (Wildman–Crippen MR) is 130 cm³/mol. The summed E-state index contributed by atoms with van der Waals surface area (Å²) in [6.07, 6.45) is 0. The van der Waals surface area contributed by atoms with E-state index in [2.05, 4.69) is 13.8 Å². The van der Waals surface area contributed by atoms with Crippen molar-refractivity contribution in [3.8, 4) is 11.5 Å². The lowest BCUT2D eigenvalue weighted by molar-refractivity contribution is -0.149. The molecule has 6 heteroatoms. The molecular formula is C29H24O6. The average molecular weight is 469 g/mol. The van der Waals surface area contributed by atoms with Gasteiger partial charge in [-0.2, -0.15) is 0 Å². The van der Waals surface area contributed by atoms with Crippen molar-refractivity contribution < 1.29 is 29.1 Å². The quantitative estimate of drug-likeness (QED) is 0.223. The van der Waals surface area contributed by atoms with Crippen LogP contribution in [-0.2, 0) is 15.2 Å². The Bertz CT molecular complexity index is 1160. The number of carbonyl (C=O) groups excluding carboxylic acids is 2. The SMILES string of the molecule is CC(C)(c1ccc(OOC(=O)c2ccccc2)cc1)c1ccc(OOC(=O)c2ccccc2)cc1. The lowest BCUT2D eigenvalue weighted by atomic mass is 9.78. The van der Waals surface area contributed by atoms with Gasteiger partial charge in [0.2, 0.25) is 0 Å². The van der Waals surface area contributed by atoms with E-state index in [1.165, 1.54) is 0 Å². The molecule has 0 radical (unpaired) electrons. The van der Waals surface area contributed by atoms with Crippen LogP contribution in [0.1, 0.15) is 45.7 Å². The predicted octanol–water partition coefficient (Wildman–Crippen LogP) is 6.31. The fraction of sp³-hybridized carbons (Fsp3) is 0.103. The number of hydrogen-bond donors (Lipinski definition) is 0. The van der Waals surface area contributed by atoms with Gasteiger partial charge in [0.05, 0.1) is 11.1 Å². The van der Waals surface area contributed by atoms with Crippen molar-refractivity contribution >= 4 is 11.9 Å². The van der Waals surface area contributed by atoms with E-state index in [4.69, 9.17) is 19.6 Å². The molecule has 0 fully saturated rings. The Morgan fingerprint density at radius 2 is 0.857 bits per heavy atom. The van der Waals surface area contributed by atoms with Crippen LogP contribution in [0.15, 0.2) is 109 Å². The molecule has 4 rings (SSSR count). The van der Waals surface area contributed by atoms with Crippen LogP contribution in [0, 0.1) is 0 Å². The van der Waals surface area contributed by atoms with E-state index in [0.29, 0.717) is 22.6 Å². The molecule has 35 heavy (non-hydrogen) atoms. The molecule has 0 aliphatic carbocycles. The van der Waals surface area contributed by atoms with Crippen molar-refractivity contribution in [1.29, 1.82) is 0 Å². The molecule has 0 unspecified atom stereocenters. The van der Waals surface area contributed by atoms with Crippen molar-refractivity contribution in [2.75, 3.05) is 0 Å². The summed E-state index contributed by atoms with van der Waals surface area (Å²) in [6.45, 7) is 4.17. The van der Waals surface area contributed by atoms with Gasteiger partial charge < -0.3 is 0 Å².